The van der Waals surface area contributed by atoms with Gasteiger partial charge in [-0.2, -0.15) is 5.26 Å². The predicted octanol–water partition coefficient (Wildman–Crippen LogP) is 6.90. The number of benzene rings is 3. The second-order valence-electron chi connectivity index (χ2n) is 11.0. The van der Waals surface area contributed by atoms with Crippen LogP contribution < -0.4 is 25.4 Å². The molecule has 9 nitrogen and oxygen atoms in total. The molecular weight excluding hydrogens is 633 g/mol. The summed E-state index contributed by atoms with van der Waals surface area (Å²) >= 11 is 2.81. The van der Waals surface area contributed by atoms with Crippen molar-refractivity contribution in [2.75, 3.05) is 30.6 Å². The average molecular weight is 667 g/mol. The summed E-state index contributed by atoms with van der Waals surface area (Å²) in [6, 6.07) is 23.2. The zero-order chi connectivity index (χ0) is 33.3. The van der Waals surface area contributed by atoms with E-state index in [1.54, 1.807) is 72.8 Å². The minimum atomic E-state index is -0.538. The van der Waals surface area contributed by atoms with Gasteiger partial charge in [-0.1, -0.05) is 37.3 Å². The predicted molar refractivity (Wildman–Crippen MR) is 186 cm³/mol. The van der Waals surface area contributed by atoms with Crippen LogP contribution in [0, 0.1) is 17.2 Å². The maximum atomic E-state index is 13.6. The molecule has 0 spiro atoms. The third-order valence-corrected chi connectivity index (χ3v) is 9.75. The van der Waals surface area contributed by atoms with Crippen molar-refractivity contribution in [2.24, 2.45) is 5.92 Å². The third-order valence-electron chi connectivity index (χ3n) is 7.59. The lowest BCUT2D eigenvalue weighted by Gasteiger charge is -2.17. The number of hydrogen-bond donors (Lipinski definition) is 3. The van der Waals surface area contributed by atoms with Gasteiger partial charge in [-0.05, 0) is 84.8 Å². The summed E-state index contributed by atoms with van der Waals surface area (Å²) in [5.41, 5.74) is 3.16. The molecule has 3 aromatic carbocycles. The number of nitriles is 1. The lowest BCUT2D eigenvalue weighted by Crippen LogP contribution is -2.30. The van der Waals surface area contributed by atoms with Crippen molar-refractivity contribution in [2.45, 2.75) is 31.1 Å². The number of carbonyl (C=O) groups excluding carboxylic acids is 3. The average Bonchev–Trinajstić information content (AvgIpc) is 3.42. The Bertz CT molecular complexity index is 1860. The van der Waals surface area contributed by atoms with Gasteiger partial charge in [-0.15, -0.1) is 23.1 Å². The van der Waals surface area contributed by atoms with E-state index in [4.69, 9.17) is 9.47 Å². The van der Waals surface area contributed by atoms with Gasteiger partial charge in [-0.25, -0.2) is 0 Å². The molecule has 1 atom stereocenters. The standard InChI is InChI=1S/C36H34N4O5S2/c1-22-12-14-27-28(20-37)36(47-32(27)16-22)40-33(41)21-46-26-11-7-10-25(19-26)38-35(43)29(39-34(42)24-8-5-4-6-9-24)17-23-13-15-30(44-2)31(18-23)45-3/h4-11,13,15,17-19,22H,12,14,16,21H2,1-3H3,(H,38,43)(H,39,42)(H,40,41)/b29-17+. The van der Waals surface area contributed by atoms with E-state index in [0.29, 0.717) is 44.8 Å². The van der Waals surface area contributed by atoms with Gasteiger partial charge in [0, 0.05) is 21.0 Å². The molecule has 1 unspecified atom stereocenters. The van der Waals surface area contributed by atoms with Crippen LogP contribution >= 0.6 is 23.1 Å². The minimum absolute atomic E-state index is 0.0184. The van der Waals surface area contributed by atoms with Crippen molar-refractivity contribution in [3.05, 3.63) is 106 Å². The van der Waals surface area contributed by atoms with E-state index in [-0.39, 0.29) is 17.4 Å². The van der Waals surface area contributed by atoms with Crippen LogP contribution in [-0.2, 0) is 22.4 Å². The summed E-state index contributed by atoms with van der Waals surface area (Å²) in [5, 5.41) is 18.9. The van der Waals surface area contributed by atoms with Crippen molar-refractivity contribution in [3.63, 3.8) is 0 Å². The van der Waals surface area contributed by atoms with Gasteiger partial charge >= 0.3 is 0 Å². The van der Waals surface area contributed by atoms with Crippen molar-refractivity contribution in [1.29, 1.82) is 5.26 Å². The fraction of sp³-hybridized carbons (Fsp3) is 0.222. The Morgan fingerprint density at radius 1 is 1.00 bits per heavy atom. The molecule has 0 radical (unpaired) electrons. The molecule has 1 aromatic heterocycles. The van der Waals surface area contributed by atoms with Crippen LogP contribution in [0.15, 0.2) is 83.4 Å². The van der Waals surface area contributed by atoms with Crippen molar-refractivity contribution >= 4 is 57.6 Å². The van der Waals surface area contributed by atoms with Crippen LogP contribution in [0.4, 0.5) is 10.7 Å². The number of ether oxygens (including phenoxy) is 2. The summed E-state index contributed by atoms with van der Waals surface area (Å²) in [7, 11) is 3.05. The molecule has 1 aliphatic carbocycles. The molecule has 1 heterocycles. The van der Waals surface area contributed by atoms with Gasteiger partial charge < -0.3 is 25.4 Å². The normalized spacial score (nSPS) is 13.9. The van der Waals surface area contributed by atoms with Crippen molar-refractivity contribution < 1.29 is 23.9 Å². The van der Waals surface area contributed by atoms with Crippen LogP contribution in [-0.4, -0.2) is 37.7 Å². The van der Waals surface area contributed by atoms with E-state index >= 15 is 0 Å². The van der Waals surface area contributed by atoms with E-state index < -0.39 is 11.8 Å². The number of methoxy groups -OCH3 is 2. The Morgan fingerprint density at radius 3 is 2.53 bits per heavy atom. The SMILES string of the molecule is COc1ccc(/C=C(/NC(=O)c2ccccc2)C(=O)Nc2cccc(SCC(=O)Nc3sc4c(c3C#N)CCC(C)C4)c2)cc1OC. The number of rotatable bonds is 11. The smallest absolute Gasteiger partial charge is 0.272 e. The lowest BCUT2D eigenvalue weighted by molar-refractivity contribution is -0.114. The number of fused-ring (bicyclic) bond motifs is 1. The number of thiophene rings is 1. The molecule has 1 aliphatic rings. The van der Waals surface area contributed by atoms with E-state index in [9.17, 15) is 19.6 Å². The monoisotopic (exact) mass is 666 g/mol. The minimum Gasteiger partial charge on any atom is -0.493 e. The fourth-order valence-corrected chi connectivity index (χ4v) is 7.31. The molecule has 3 N–H and O–H groups in total. The fourth-order valence-electron chi connectivity index (χ4n) is 5.18. The van der Waals surface area contributed by atoms with Gasteiger partial charge in [0.1, 0.15) is 16.8 Å². The maximum absolute atomic E-state index is 13.6. The topological polar surface area (TPSA) is 130 Å². The molecule has 47 heavy (non-hydrogen) atoms. The van der Waals surface area contributed by atoms with E-state index in [1.165, 1.54) is 42.2 Å². The van der Waals surface area contributed by atoms with Gasteiger partial charge in [0.2, 0.25) is 5.91 Å². The van der Waals surface area contributed by atoms with Crippen LogP contribution in [0.5, 0.6) is 11.5 Å². The van der Waals surface area contributed by atoms with E-state index in [1.807, 2.05) is 6.07 Å². The third kappa shape index (κ3) is 8.41. The van der Waals surface area contributed by atoms with E-state index in [0.717, 1.165) is 29.7 Å². The quantitative estimate of drug-likeness (QED) is 0.117. The zero-order valence-corrected chi connectivity index (χ0v) is 27.8. The first-order chi connectivity index (χ1) is 22.8. The number of nitrogens with one attached hydrogen (secondary N) is 3. The Hall–Kier alpha value is -5.05. The van der Waals surface area contributed by atoms with Crippen LogP contribution in [0.3, 0.4) is 0 Å². The molecule has 0 bridgehead atoms. The lowest BCUT2D eigenvalue weighted by atomic mass is 9.89. The molecule has 0 aliphatic heterocycles. The highest BCUT2D eigenvalue weighted by Gasteiger charge is 2.25. The largest absolute Gasteiger partial charge is 0.493 e. The first-order valence-electron chi connectivity index (χ1n) is 15.0. The zero-order valence-electron chi connectivity index (χ0n) is 26.2. The number of thioether (sulfide) groups is 1. The molecule has 0 fully saturated rings. The molecule has 240 valence electrons. The maximum Gasteiger partial charge on any atom is 0.272 e. The molecule has 0 saturated heterocycles. The Labute approximate surface area is 282 Å². The van der Waals surface area contributed by atoms with Gasteiger partial charge in [0.25, 0.3) is 11.8 Å². The molecule has 3 amide bonds. The van der Waals surface area contributed by atoms with E-state index in [2.05, 4.69) is 28.9 Å². The summed E-state index contributed by atoms with van der Waals surface area (Å²) < 4.78 is 10.7. The molecule has 11 heteroatoms. The Morgan fingerprint density at radius 2 is 1.79 bits per heavy atom. The second kappa shape index (κ2) is 15.5. The van der Waals surface area contributed by atoms with Crippen LogP contribution in [0.25, 0.3) is 6.08 Å². The highest BCUT2D eigenvalue weighted by atomic mass is 32.2. The second-order valence-corrected chi connectivity index (χ2v) is 13.1. The molecular formula is C36H34N4O5S2. The van der Waals surface area contributed by atoms with Gasteiger partial charge in [0.15, 0.2) is 11.5 Å². The molecule has 0 saturated carbocycles. The van der Waals surface area contributed by atoms with Crippen molar-refractivity contribution in [3.8, 4) is 17.6 Å². The Kier molecular flexibility index (Phi) is 11.0. The summed E-state index contributed by atoms with van der Waals surface area (Å²) in [6.45, 7) is 2.20. The highest BCUT2D eigenvalue weighted by molar-refractivity contribution is 8.00. The summed E-state index contributed by atoms with van der Waals surface area (Å²) in [6.07, 6.45) is 4.39. The van der Waals surface area contributed by atoms with Gasteiger partial charge in [0.05, 0.1) is 25.5 Å². The Balaban J connectivity index is 1.28. The van der Waals surface area contributed by atoms with Crippen LogP contribution in [0.1, 0.15) is 45.3 Å². The molecule has 4 aromatic rings. The number of amides is 3. The van der Waals surface area contributed by atoms with Crippen molar-refractivity contribution in [1.82, 2.24) is 5.32 Å². The van der Waals surface area contributed by atoms with Gasteiger partial charge in [-0.3, -0.25) is 14.4 Å². The summed E-state index contributed by atoms with van der Waals surface area (Å²) in [5.74, 6) is 0.502. The molecule has 5 rings (SSSR count). The number of carbonyl (C=O) groups is 3. The summed E-state index contributed by atoms with van der Waals surface area (Å²) in [4.78, 5) is 41.4. The number of hydrogen-bond acceptors (Lipinski definition) is 8. The first kappa shape index (κ1) is 33.3. The first-order valence-corrected chi connectivity index (χ1v) is 16.8. The highest BCUT2D eigenvalue weighted by Crippen LogP contribution is 2.39. The number of nitrogens with zero attached hydrogens (tertiary/aromatic N) is 1. The van der Waals surface area contributed by atoms with Crippen LogP contribution in [0.2, 0.25) is 0 Å². The number of anilines is 2.